The van der Waals surface area contributed by atoms with E-state index in [4.69, 9.17) is 0 Å². The number of halogens is 1. The van der Waals surface area contributed by atoms with Gasteiger partial charge >= 0.3 is 0 Å². The number of piperidine rings is 1. The largest absolute Gasteiger partial charge is 0.314 e. The van der Waals surface area contributed by atoms with Crippen LogP contribution in [0.25, 0.3) is 0 Å². The molecule has 0 aromatic heterocycles. The molecule has 0 bridgehead atoms. The van der Waals surface area contributed by atoms with Gasteiger partial charge in [0.15, 0.2) is 0 Å². The minimum absolute atomic E-state index is 0.536. The van der Waals surface area contributed by atoms with Gasteiger partial charge in [0.05, 0.1) is 0 Å². The van der Waals surface area contributed by atoms with Crippen molar-refractivity contribution in [2.24, 2.45) is 5.92 Å². The monoisotopic (exact) mass is 386 g/mol. The molecule has 0 radical (unpaired) electrons. The Morgan fingerprint density at radius 1 is 1.25 bits per heavy atom. The van der Waals surface area contributed by atoms with Crippen LogP contribution in [0.15, 0.2) is 24.3 Å². The van der Waals surface area contributed by atoms with Crippen LogP contribution in [0, 0.1) is 9.49 Å². The van der Waals surface area contributed by atoms with Crippen LogP contribution >= 0.6 is 22.6 Å². The third-order valence-electron chi connectivity index (χ3n) is 4.27. The van der Waals surface area contributed by atoms with E-state index in [1.54, 1.807) is 0 Å². The van der Waals surface area contributed by atoms with E-state index in [9.17, 15) is 0 Å². The maximum absolute atomic E-state index is 3.59. The third-order valence-corrected chi connectivity index (χ3v) is 4.98. The Balaban J connectivity index is 1.92. The summed E-state index contributed by atoms with van der Waals surface area (Å²) in [6.07, 6.45) is 2.70. The van der Waals surface area contributed by atoms with Gasteiger partial charge in [-0.05, 0) is 79.1 Å². The first-order valence-corrected chi connectivity index (χ1v) is 8.87. The van der Waals surface area contributed by atoms with Crippen LogP contribution in [0.3, 0.4) is 0 Å². The molecule has 2 rings (SSSR count). The smallest absolute Gasteiger partial charge is 0.0320 e. The molecule has 2 unspecified atom stereocenters. The van der Waals surface area contributed by atoms with E-state index in [0.29, 0.717) is 12.1 Å². The van der Waals surface area contributed by atoms with Crippen LogP contribution in [-0.4, -0.2) is 30.6 Å². The van der Waals surface area contributed by atoms with E-state index in [2.05, 4.69) is 77.8 Å². The highest BCUT2D eigenvalue weighted by Gasteiger charge is 2.24. The molecule has 0 spiro atoms. The Hall–Kier alpha value is -0.130. The van der Waals surface area contributed by atoms with Crippen molar-refractivity contribution in [1.29, 1.82) is 0 Å². The predicted octanol–water partition coefficient (Wildman–Crippen LogP) is 4.06. The molecule has 1 aromatic carbocycles. The number of likely N-dealkylation sites (tertiary alicyclic amines) is 1. The normalized spacial score (nSPS) is 22.1. The maximum Gasteiger partial charge on any atom is 0.0320 e. The summed E-state index contributed by atoms with van der Waals surface area (Å²) < 4.78 is 1.32. The SMILES string of the molecule is CC(C)NCC1CCCN(C(C)c2ccc(I)cc2)C1. The second-order valence-electron chi connectivity index (χ2n) is 6.29. The first-order valence-electron chi connectivity index (χ1n) is 7.79. The van der Waals surface area contributed by atoms with Crippen LogP contribution in [0.2, 0.25) is 0 Å². The highest BCUT2D eigenvalue weighted by atomic mass is 127. The van der Waals surface area contributed by atoms with Crippen LogP contribution < -0.4 is 5.32 Å². The van der Waals surface area contributed by atoms with Crippen molar-refractivity contribution in [3.05, 3.63) is 33.4 Å². The Kier molecular flexibility index (Phi) is 6.30. The van der Waals surface area contributed by atoms with Gasteiger partial charge in [0, 0.05) is 22.2 Å². The molecule has 112 valence electrons. The summed E-state index contributed by atoms with van der Waals surface area (Å²) in [4.78, 5) is 2.65. The zero-order valence-corrected chi connectivity index (χ0v) is 15.1. The summed E-state index contributed by atoms with van der Waals surface area (Å²) in [5.74, 6) is 0.803. The van der Waals surface area contributed by atoms with Gasteiger partial charge in [0.2, 0.25) is 0 Å². The average Bonchev–Trinajstić information content (AvgIpc) is 2.45. The van der Waals surface area contributed by atoms with E-state index in [1.807, 2.05) is 0 Å². The van der Waals surface area contributed by atoms with Crippen molar-refractivity contribution in [2.45, 2.75) is 45.7 Å². The number of hydrogen-bond donors (Lipinski definition) is 1. The number of hydrogen-bond acceptors (Lipinski definition) is 2. The molecule has 1 aliphatic rings. The molecular formula is C17H27IN2. The first kappa shape index (κ1) is 16.2. The number of rotatable bonds is 5. The molecule has 1 saturated heterocycles. The summed E-state index contributed by atoms with van der Waals surface area (Å²) in [7, 11) is 0. The molecule has 1 aromatic rings. The van der Waals surface area contributed by atoms with Crippen LogP contribution in [0.4, 0.5) is 0 Å². The van der Waals surface area contributed by atoms with E-state index < -0.39 is 0 Å². The molecule has 2 nitrogen and oxygen atoms in total. The summed E-state index contributed by atoms with van der Waals surface area (Å²) in [5.41, 5.74) is 1.45. The molecule has 0 amide bonds. The Morgan fingerprint density at radius 2 is 1.95 bits per heavy atom. The molecule has 1 heterocycles. The van der Waals surface area contributed by atoms with Gasteiger partial charge in [-0.15, -0.1) is 0 Å². The highest BCUT2D eigenvalue weighted by Crippen LogP contribution is 2.26. The molecule has 1 aliphatic heterocycles. The number of benzene rings is 1. The van der Waals surface area contributed by atoms with Gasteiger partial charge in [-0.25, -0.2) is 0 Å². The highest BCUT2D eigenvalue weighted by molar-refractivity contribution is 14.1. The molecule has 1 fully saturated rings. The Bertz CT molecular complexity index is 402. The van der Waals surface area contributed by atoms with Gasteiger partial charge in [-0.3, -0.25) is 4.90 Å². The second-order valence-corrected chi connectivity index (χ2v) is 7.54. The lowest BCUT2D eigenvalue weighted by atomic mass is 9.95. The first-order chi connectivity index (χ1) is 9.56. The minimum atomic E-state index is 0.536. The van der Waals surface area contributed by atoms with E-state index in [1.165, 1.54) is 35.1 Å². The fraction of sp³-hybridized carbons (Fsp3) is 0.647. The van der Waals surface area contributed by atoms with Gasteiger partial charge in [0.25, 0.3) is 0 Å². The lowest BCUT2D eigenvalue weighted by Crippen LogP contribution is -2.41. The molecule has 3 heteroatoms. The fourth-order valence-corrected chi connectivity index (χ4v) is 3.33. The summed E-state index contributed by atoms with van der Waals surface area (Å²) in [6.45, 7) is 10.4. The minimum Gasteiger partial charge on any atom is -0.314 e. The van der Waals surface area contributed by atoms with Crippen molar-refractivity contribution >= 4 is 22.6 Å². The molecule has 1 N–H and O–H groups in total. The van der Waals surface area contributed by atoms with Gasteiger partial charge in [-0.2, -0.15) is 0 Å². The summed E-state index contributed by atoms with van der Waals surface area (Å²) in [5, 5.41) is 3.59. The van der Waals surface area contributed by atoms with Gasteiger partial charge in [-0.1, -0.05) is 26.0 Å². The number of nitrogens with one attached hydrogen (secondary N) is 1. The molecular weight excluding hydrogens is 359 g/mol. The summed E-state index contributed by atoms with van der Waals surface area (Å²) in [6, 6.07) is 10.1. The second kappa shape index (κ2) is 7.76. The topological polar surface area (TPSA) is 15.3 Å². The molecule has 0 saturated carbocycles. The summed E-state index contributed by atoms with van der Waals surface area (Å²) >= 11 is 2.37. The van der Waals surface area contributed by atoms with E-state index in [0.717, 1.165) is 12.5 Å². The third kappa shape index (κ3) is 4.71. The Labute approximate surface area is 137 Å². The van der Waals surface area contributed by atoms with E-state index >= 15 is 0 Å². The zero-order chi connectivity index (χ0) is 14.5. The standard InChI is InChI=1S/C17H27IN2/c1-13(2)19-11-15-5-4-10-20(12-15)14(3)16-6-8-17(18)9-7-16/h6-9,13-15,19H,4-5,10-12H2,1-3H3. The van der Waals surface area contributed by atoms with Crippen molar-refractivity contribution < 1.29 is 0 Å². The van der Waals surface area contributed by atoms with Crippen LogP contribution in [-0.2, 0) is 0 Å². The van der Waals surface area contributed by atoms with Gasteiger partial charge in [0.1, 0.15) is 0 Å². The van der Waals surface area contributed by atoms with Crippen molar-refractivity contribution in [3.63, 3.8) is 0 Å². The lowest BCUT2D eigenvalue weighted by molar-refractivity contribution is 0.129. The van der Waals surface area contributed by atoms with Gasteiger partial charge < -0.3 is 5.32 Å². The lowest BCUT2D eigenvalue weighted by Gasteiger charge is -2.37. The van der Waals surface area contributed by atoms with E-state index in [-0.39, 0.29) is 0 Å². The van der Waals surface area contributed by atoms with Crippen molar-refractivity contribution in [3.8, 4) is 0 Å². The van der Waals surface area contributed by atoms with Crippen LogP contribution in [0.5, 0.6) is 0 Å². The maximum atomic E-state index is 3.59. The quantitative estimate of drug-likeness (QED) is 0.768. The average molecular weight is 386 g/mol. The molecule has 0 aliphatic carbocycles. The van der Waals surface area contributed by atoms with Crippen molar-refractivity contribution in [2.75, 3.05) is 19.6 Å². The molecule has 20 heavy (non-hydrogen) atoms. The Morgan fingerprint density at radius 3 is 2.60 bits per heavy atom. The predicted molar refractivity (Wildman–Crippen MR) is 95.0 cm³/mol. The molecule has 2 atom stereocenters. The fourth-order valence-electron chi connectivity index (χ4n) is 2.97. The van der Waals surface area contributed by atoms with Crippen molar-refractivity contribution in [1.82, 2.24) is 10.2 Å². The van der Waals surface area contributed by atoms with Crippen LogP contribution in [0.1, 0.15) is 45.2 Å². The zero-order valence-electron chi connectivity index (χ0n) is 12.9. The number of nitrogens with zero attached hydrogens (tertiary/aromatic N) is 1.